The standard InChI is InChI=1S/C21H18N2S/c1-12-13-5-4-9-23-20(13)15-6-7-16-19(18(12)15)14-8-10-22-11-17(14)24-21(16,2)3/h4-12H,1-3H3. The van der Waals surface area contributed by atoms with E-state index in [1.807, 2.05) is 36.4 Å². The van der Waals surface area contributed by atoms with Crippen molar-refractivity contribution in [1.82, 2.24) is 9.97 Å². The van der Waals surface area contributed by atoms with Gasteiger partial charge in [0.15, 0.2) is 0 Å². The summed E-state index contributed by atoms with van der Waals surface area (Å²) in [7, 11) is 0. The maximum atomic E-state index is 4.67. The van der Waals surface area contributed by atoms with Crippen LogP contribution < -0.4 is 0 Å². The molecule has 0 radical (unpaired) electrons. The third kappa shape index (κ3) is 1.73. The van der Waals surface area contributed by atoms with Gasteiger partial charge >= 0.3 is 0 Å². The molecular formula is C21H18N2S. The summed E-state index contributed by atoms with van der Waals surface area (Å²) in [5, 5.41) is 0. The fourth-order valence-corrected chi connectivity index (χ4v) is 5.44. The molecule has 0 fully saturated rings. The number of fused-ring (bicyclic) bond motifs is 7. The molecule has 2 nitrogen and oxygen atoms in total. The van der Waals surface area contributed by atoms with E-state index in [1.54, 1.807) is 0 Å². The largest absolute Gasteiger partial charge is 0.264 e. The minimum atomic E-state index is 0.0440. The van der Waals surface area contributed by atoms with Gasteiger partial charge < -0.3 is 0 Å². The predicted octanol–water partition coefficient (Wildman–Crippen LogP) is 5.62. The molecule has 1 atom stereocenters. The van der Waals surface area contributed by atoms with E-state index in [1.165, 1.54) is 38.3 Å². The van der Waals surface area contributed by atoms with Crippen molar-refractivity contribution in [3.8, 4) is 22.4 Å². The average Bonchev–Trinajstić information content (AvgIpc) is 2.88. The fraction of sp³-hybridized carbons (Fsp3) is 0.238. The van der Waals surface area contributed by atoms with Crippen LogP contribution in [0.5, 0.6) is 0 Å². The van der Waals surface area contributed by atoms with E-state index in [0.717, 1.165) is 5.69 Å². The molecule has 118 valence electrons. The lowest BCUT2D eigenvalue weighted by Gasteiger charge is -2.35. The van der Waals surface area contributed by atoms with Crippen molar-refractivity contribution < 1.29 is 0 Å². The molecule has 0 bridgehead atoms. The SMILES string of the molecule is CC1c2cccnc2-c2ccc3c(c21)-c1ccncc1SC3(C)C. The Hall–Kier alpha value is -2.13. The molecule has 0 saturated heterocycles. The van der Waals surface area contributed by atoms with Crippen molar-refractivity contribution in [2.75, 3.05) is 0 Å². The second kappa shape index (κ2) is 4.70. The molecule has 1 unspecified atom stereocenters. The Balaban J connectivity index is 1.90. The van der Waals surface area contributed by atoms with Gasteiger partial charge in [-0.15, -0.1) is 11.8 Å². The molecule has 0 saturated carbocycles. The van der Waals surface area contributed by atoms with Crippen molar-refractivity contribution >= 4 is 11.8 Å². The maximum Gasteiger partial charge on any atom is 0.0743 e. The van der Waals surface area contributed by atoms with Crippen LogP contribution in [-0.4, -0.2) is 9.97 Å². The average molecular weight is 330 g/mol. The van der Waals surface area contributed by atoms with Crippen LogP contribution in [0.4, 0.5) is 0 Å². The van der Waals surface area contributed by atoms with E-state index in [-0.39, 0.29) is 4.75 Å². The van der Waals surface area contributed by atoms with Gasteiger partial charge in [-0.05, 0) is 53.8 Å². The van der Waals surface area contributed by atoms with Crippen LogP contribution in [0.2, 0.25) is 0 Å². The van der Waals surface area contributed by atoms with Gasteiger partial charge in [-0.25, -0.2) is 0 Å². The van der Waals surface area contributed by atoms with E-state index in [9.17, 15) is 0 Å². The fourth-order valence-electron chi connectivity index (χ4n) is 4.21. The highest BCUT2D eigenvalue weighted by Gasteiger charge is 2.38. The molecule has 3 heterocycles. The first-order chi connectivity index (χ1) is 11.6. The molecule has 1 aromatic carbocycles. The quantitative estimate of drug-likeness (QED) is 0.535. The molecule has 5 rings (SSSR count). The minimum absolute atomic E-state index is 0.0440. The number of benzene rings is 1. The summed E-state index contributed by atoms with van der Waals surface area (Å²) in [6, 6.07) is 11.0. The summed E-state index contributed by atoms with van der Waals surface area (Å²) in [5.74, 6) is 0.374. The Morgan fingerprint density at radius 3 is 2.79 bits per heavy atom. The van der Waals surface area contributed by atoms with Crippen LogP contribution in [0.3, 0.4) is 0 Å². The summed E-state index contributed by atoms with van der Waals surface area (Å²) in [6.07, 6.45) is 5.82. The summed E-state index contributed by atoms with van der Waals surface area (Å²) in [5.41, 5.74) is 9.36. The molecule has 0 amide bonds. The van der Waals surface area contributed by atoms with Crippen molar-refractivity contribution in [3.63, 3.8) is 0 Å². The van der Waals surface area contributed by atoms with Crippen LogP contribution in [0.25, 0.3) is 22.4 Å². The highest BCUT2D eigenvalue weighted by molar-refractivity contribution is 8.00. The monoisotopic (exact) mass is 330 g/mol. The number of rotatable bonds is 0. The van der Waals surface area contributed by atoms with Gasteiger partial charge in [0.2, 0.25) is 0 Å². The minimum Gasteiger partial charge on any atom is -0.264 e. The zero-order valence-corrected chi connectivity index (χ0v) is 14.8. The zero-order valence-electron chi connectivity index (χ0n) is 14.0. The molecule has 1 aliphatic heterocycles. The lowest BCUT2D eigenvalue weighted by molar-refractivity contribution is 0.773. The van der Waals surface area contributed by atoms with Gasteiger partial charge in [-0.3, -0.25) is 9.97 Å². The third-order valence-electron chi connectivity index (χ3n) is 5.31. The van der Waals surface area contributed by atoms with Gasteiger partial charge in [-0.1, -0.05) is 25.1 Å². The molecular weight excluding hydrogens is 312 g/mol. The number of thioether (sulfide) groups is 1. The highest BCUT2D eigenvalue weighted by Crippen LogP contribution is 2.57. The predicted molar refractivity (Wildman–Crippen MR) is 99.3 cm³/mol. The van der Waals surface area contributed by atoms with Crippen molar-refractivity contribution in [2.24, 2.45) is 0 Å². The third-order valence-corrected chi connectivity index (χ3v) is 6.58. The van der Waals surface area contributed by atoms with Crippen LogP contribution in [-0.2, 0) is 4.75 Å². The summed E-state index contributed by atoms with van der Waals surface area (Å²) in [6.45, 7) is 6.93. The number of pyridine rings is 2. The van der Waals surface area contributed by atoms with Crippen LogP contribution in [0.15, 0.2) is 53.8 Å². The summed E-state index contributed by atoms with van der Waals surface area (Å²) < 4.78 is 0.0440. The van der Waals surface area contributed by atoms with Crippen molar-refractivity contribution in [2.45, 2.75) is 36.3 Å². The topological polar surface area (TPSA) is 25.8 Å². The first-order valence-electron chi connectivity index (χ1n) is 8.34. The number of nitrogens with zero attached hydrogens (tertiary/aromatic N) is 2. The van der Waals surface area contributed by atoms with Gasteiger partial charge in [0.25, 0.3) is 0 Å². The lowest BCUT2D eigenvalue weighted by atomic mass is 9.83. The highest BCUT2D eigenvalue weighted by atomic mass is 32.2. The second-order valence-electron chi connectivity index (χ2n) is 7.10. The molecule has 2 aliphatic rings. The number of aromatic nitrogens is 2. The number of hydrogen-bond acceptors (Lipinski definition) is 3. The normalized spacial score (nSPS) is 19.2. The first-order valence-corrected chi connectivity index (χ1v) is 9.15. The summed E-state index contributed by atoms with van der Waals surface area (Å²) in [4.78, 5) is 10.3. The first kappa shape index (κ1) is 14.2. The van der Waals surface area contributed by atoms with Gasteiger partial charge in [-0.2, -0.15) is 0 Å². The Labute approximate surface area is 146 Å². The molecule has 24 heavy (non-hydrogen) atoms. The van der Waals surface area contributed by atoms with Crippen LogP contribution in [0, 0.1) is 0 Å². The van der Waals surface area contributed by atoms with E-state index in [2.05, 4.69) is 55.0 Å². The van der Waals surface area contributed by atoms with E-state index in [0.29, 0.717) is 5.92 Å². The Morgan fingerprint density at radius 1 is 1.04 bits per heavy atom. The maximum absolute atomic E-state index is 4.67. The smallest absolute Gasteiger partial charge is 0.0743 e. The lowest BCUT2D eigenvalue weighted by Crippen LogP contribution is -2.19. The van der Waals surface area contributed by atoms with Crippen LogP contribution in [0.1, 0.15) is 43.4 Å². The number of hydrogen-bond donors (Lipinski definition) is 0. The van der Waals surface area contributed by atoms with E-state index < -0.39 is 0 Å². The molecule has 0 spiro atoms. The Morgan fingerprint density at radius 2 is 1.92 bits per heavy atom. The molecule has 3 heteroatoms. The summed E-state index contributed by atoms with van der Waals surface area (Å²) >= 11 is 1.91. The van der Waals surface area contributed by atoms with E-state index >= 15 is 0 Å². The van der Waals surface area contributed by atoms with E-state index in [4.69, 9.17) is 0 Å². The zero-order chi connectivity index (χ0) is 16.5. The van der Waals surface area contributed by atoms with Gasteiger partial charge in [0.1, 0.15) is 0 Å². The van der Waals surface area contributed by atoms with Crippen molar-refractivity contribution in [1.29, 1.82) is 0 Å². The second-order valence-corrected chi connectivity index (χ2v) is 8.76. The Kier molecular flexibility index (Phi) is 2.79. The molecule has 3 aromatic rings. The van der Waals surface area contributed by atoms with Crippen LogP contribution >= 0.6 is 11.8 Å². The van der Waals surface area contributed by atoms with Gasteiger partial charge in [0.05, 0.1) is 5.69 Å². The Bertz CT molecular complexity index is 991. The molecule has 0 N–H and O–H groups in total. The van der Waals surface area contributed by atoms with Crippen molar-refractivity contribution in [3.05, 3.63) is 65.6 Å². The molecule has 1 aliphatic carbocycles. The van der Waals surface area contributed by atoms with Gasteiger partial charge in [0, 0.05) is 39.7 Å². The molecule has 2 aromatic heterocycles.